The van der Waals surface area contributed by atoms with E-state index in [2.05, 4.69) is 37.7 Å². The lowest BCUT2D eigenvalue weighted by Gasteiger charge is -2.19. The van der Waals surface area contributed by atoms with Crippen LogP contribution in [-0.2, 0) is 19.4 Å². The lowest BCUT2D eigenvalue weighted by atomic mass is 9.99. The highest BCUT2D eigenvalue weighted by Gasteiger charge is 2.16. The fourth-order valence-electron chi connectivity index (χ4n) is 4.37. The van der Waals surface area contributed by atoms with E-state index in [9.17, 15) is 4.79 Å². The van der Waals surface area contributed by atoms with Gasteiger partial charge in [-0.05, 0) is 60.4 Å². The molecule has 198 valence electrons. The molecule has 1 amide bonds. The summed E-state index contributed by atoms with van der Waals surface area (Å²) < 4.78 is 6.14. The number of hydrogen-bond donors (Lipinski definition) is 2. The molecule has 3 N–H and O–H groups in total. The van der Waals surface area contributed by atoms with E-state index in [-0.39, 0.29) is 5.25 Å². The second kappa shape index (κ2) is 12.7. The van der Waals surface area contributed by atoms with Crippen molar-refractivity contribution in [1.82, 2.24) is 25.6 Å². The summed E-state index contributed by atoms with van der Waals surface area (Å²) in [5.41, 5.74) is 9.92. The van der Waals surface area contributed by atoms with Crippen LogP contribution < -0.4 is 10.5 Å². The van der Waals surface area contributed by atoms with Crippen molar-refractivity contribution in [2.24, 2.45) is 5.73 Å². The minimum atomic E-state index is -0.410. The van der Waals surface area contributed by atoms with Crippen molar-refractivity contribution in [3.8, 4) is 5.75 Å². The SMILES string of the molecule is NC(=O)c1ccccc1CCC(SCCc1nn[nH]n1)c1cccc(OCc2ccc3ccc(Cl)cc3n2)c1. The molecule has 0 radical (unpaired) electrons. The van der Waals surface area contributed by atoms with Gasteiger partial charge in [0.2, 0.25) is 5.91 Å². The molecule has 0 spiro atoms. The summed E-state index contributed by atoms with van der Waals surface area (Å²) in [4.78, 5) is 16.6. The Labute approximate surface area is 235 Å². The van der Waals surface area contributed by atoms with Gasteiger partial charge in [-0.3, -0.25) is 4.79 Å². The topological polar surface area (TPSA) is 120 Å². The number of aryl methyl sites for hydroxylation is 2. The number of hydrogen-bond acceptors (Lipinski definition) is 7. The van der Waals surface area contributed by atoms with Crippen molar-refractivity contribution in [1.29, 1.82) is 0 Å². The van der Waals surface area contributed by atoms with Gasteiger partial charge in [0.05, 0.1) is 11.2 Å². The Morgan fingerprint density at radius 2 is 1.90 bits per heavy atom. The molecule has 0 aliphatic rings. The van der Waals surface area contributed by atoms with Gasteiger partial charge in [-0.2, -0.15) is 17.0 Å². The van der Waals surface area contributed by atoms with E-state index in [0.717, 1.165) is 45.6 Å². The number of ether oxygens (including phenoxy) is 1. The number of halogens is 1. The summed E-state index contributed by atoms with van der Waals surface area (Å²) in [5, 5.41) is 16.1. The Bertz CT molecular complexity index is 1560. The van der Waals surface area contributed by atoms with Gasteiger partial charge in [0.1, 0.15) is 12.4 Å². The van der Waals surface area contributed by atoms with Crippen LogP contribution in [0, 0.1) is 0 Å². The Balaban J connectivity index is 1.30. The highest BCUT2D eigenvalue weighted by molar-refractivity contribution is 7.99. The maximum Gasteiger partial charge on any atom is 0.248 e. The monoisotopic (exact) mass is 558 g/mol. The smallest absolute Gasteiger partial charge is 0.248 e. The van der Waals surface area contributed by atoms with Crippen LogP contribution in [0.25, 0.3) is 10.9 Å². The first kappa shape index (κ1) is 26.6. The highest BCUT2D eigenvalue weighted by atomic mass is 35.5. The van der Waals surface area contributed by atoms with Crippen LogP contribution in [0.2, 0.25) is 5.02 Å². The summed E-state index contributed by atoms with van der Waals surface area (Å²) in [6, 6.07) is 25.3. The molecule has 0 fully saturated rings. The first-order chi connectivity index (χ1) is 19.0. The zero-order valence-corrected chi connectivity index (χ0v) is 22.7. The molecule has 0 aliphatic carbocycles. The summed E-state index contributed by atoms with van der Waals surface area (Å²) in [7, 11) is 0. The maximum atomic E-state index is 11.9. The average molecular weight is 559 g/mol. The average Bonchev–Trinajstić information content (AvgIpc) is 3.47. The van der Waals surface area contributed by atoms with Crippen LogP contribution in [0.3, 0.4) is 0 Å². The predicted octanol–water partition coefficient (Wildman–Crippen LogP) is 5.73. The third-order valence-electron chi connectivity index (χ3n) is 6.32. The molecule has 5 aromatic rings. The third-order valence-corrected chi connectivity index (χ3v) is 7.91. The van der Waals surface area contributed by atoms with E-state index in [1.54, 1.807) is 6.07 Å². The number of nitrogens with one attached hydrogen (secondary N) is 1. The number of rotatable bonds is 12. The molecule has 2 aromatic heterocycles. The molecule has 5 rings (SSSR count). The predicted molar refractivity (Wildman–Crippen MR) is 154 cm³/mol. The molecule has 1 atom stereocenters. The Kier molecular flexibility index (Phi) is 8.70. The summed E-state index contributed by atoms with van der Waals surface area (Å²) in [5.74, 6) is 1.85. The molecule has 0 saturated carbocycles. The number of primary amides is 1. The second-order valence-electron chi connectivity index (χ2n) is 9.00. The number of thioether (sulfide) groups is 1. The number of fused-ring (bicyclic) bond motifs is 1. The minimum absolute atomic E-state index is 0.155. The number of benzene rings is 3. The van der Waals surface area contributed by atoms with E-state index in [1.807, 2.05) is 72.4 Å². The first-order valence-corrected chi connectivity index (χ1v) is 14.0. The fourth-order valence-corrected chi connectivity index (χ4v) is 5.74. The minimum Gasteiger partial charge on any atom is -0.487 e. The van der Waals surface area contributed by atoms with Crippen molar-refractivity contribution in [3.63, 3.8) is 0 Å². The number of aromatic amines is 1. The summed E-state index contributed by atoms with van der Waals surface area (Å²) in [6.45, 7) is 0.341. The molecule has 0 aliphatic heterocycles. The van der Waals surface area contributed by atoms with Gasteiger partial charge in [-0.15, -0.1) is 10.2 Å². The number of nitrogens with two attached hydrogens (primary N) is 1. The van der Waals surface area contributed by atoms with Gasteiger partial charge < -0.3 is 10.5 Å². The number of carbonyl (C=O) groups excluding carboxylic acids is 1. The first-order valence-electron chi connectivity index (χ1n) is 12.5. The van der Waals surface area contributed by atoms with Gasteiger partial charge >= 0.3 is 0 Å². The Hall–Kier alpha value is -3.95. The van der Waals surface area contributed by atoms with E-state index in [4.69, 9.17) is 22.1 Å². The van der Waals surface area contributed by atoms with Crippen LogP contribution in [-0.4, -0.2) is 37.3 Å². The van der Waals surface area contributed by atoms with E-state index in [0.29, 0.717) is 35.9 Å². The van der Waals surface area contributed by atoms with Crippen LogP contribution in [0.4, 0.5) is 0 Å². The van der Waals surface area contributed by atoms with Crippen LogP contribution in [0.1, 0.15) is 44.7 Å². The van der Waals surface area contributed by atoms with Gasteiger partial charge in [0.15, 0.2) is 5.82 Å². The number of amides is 1. The van der Waals surface area contributed by atoms with Crippen LogP contribution in [0.5, 0.6) is 5.75 Å². The standard InChI is InChI=1S/C29H27ClN6O2S/c30-22-11-8-20-9-12-23(32-26(20)17-22)18-38-24-6-3-5-21(16-24)27(39-15-14-28-33-35-36-34-28)13-10-19-4-1-2-7-25(19)29(31)37/h1-9,11-12,16-17,27H,10,13-15,18H2,(H2,31,37)(H,33,34,35,36). The summed E-state index contributed by atoms with van der Waals surface area (Å²) in [6.07, 6.45) is 2.23. The number of tetrazole rings is 1. The molecular formula is C29H27ClN6O2S. The number of nitrogens with zero attached hydrogens (tertiary/aromatic N) is 4. The van der Waals surface area contributed by atoms with E-state index in [1.165, 1.54) is 0 Å². The Morgan fingerprint density at radius 3 is 2.74 bits per heavy atom. The molecule has 8 nitrogen and oxygen atoms in total. The number of carbonyl (C=O) groups is 1. The van der Waals surface area contributed by atoms with E-state index >= 15 is 0 Å². The zero-order valence-electron chi connectivity index (χ0n) is 21.1. The van der Waals surface area contributed by atoms with Crippen molar-refractivity contribution in [2.45, 2.75) is 31.1 Å². The van der Waals surface area contributed by atoms with Crippen molar-refractivity contribution in [3.05, 3.63) is 112 Å². The van der Waals surface area contributed by atoms with Crippen molar-refractivity contribution in [2.75, 3.05) is 5.75 Å². The molecule has 2 heterocycles. The quantitative estimate of drug-likeness (QED) is 0.201. The summed E-state index contributed by atoms with van der Waals surface area (Å²) >= 11 is 7.95. The van der Waals surface area contributed by atoms with Crippen molar-refractivity contribution < 1.29 is 9.53 Å². The molecular weight excluding hydrogens is 532 g/mol. The van der Waals surface area contributed by atoms with Gasteiger partial charge in [0, 0.05) is 33.4 Å². The normalized spacial score (nSPS) is 11.9. The fraction of sp³-hybridized carbons (Fsp3) is 0.207. The van der Waals surface area contributed by atoms with Crippen LogP contribution >= 0.6 is 23.4 Å². The number of aromatic nitrogens is 5. The lowest BCUT2D eigenvalue weighted by Crippen LogP contribution is -2.14. The molecule has 3 aromatic carbocycles. The van der Waals surface area contributed by atoms with Crippen LogP contribution in [0.15, 0.2) is 78.9 Å². The number of H-pyrrole nitrogens is 1. The molecule has 39 heavy (non-hydrogen) atoms. The lowest BCUT2D eigenvalue weighted by molar-refractivity contribution is 0.0999. The highest BCUT2D eigenvalue weighted by Crippen LogP contribution is 2.35. The van der Waals surface area contributed by atoms with Gasteiger partial charge in [-0.1, -0.05) is 59.3 Å². The molecule has 1 unspecified atom stereocenters. The van der Waals surface area contributed by atoms with Crippen molar-refractivity contribution >= 4 is 40.2 Å². The molecule has 10 heteroatoms. The van der Waals surface area contributed by atoms with E-state index < -0.39 is 5.91 Å². The largest absolute Gasteiger partial charge is 0.487 e. The third kappa shape index (κ3) is 7.13. The maximum absolute atomic E-state index is 11.9. The zero-order chi connectivity index (χ0) is 27.0. The molecule has 0 bridgehead atoms. The number of pyridine rings is 1. The second-order valence-corrected chi connectivity index (χ2v) is 10.7. The van der Waals surface area contributed by atoms with Gasteiger partial charge in [0.25, 0.3) is 0 Å². The Morgan fingerprint density at radius 1 is 1.03 bits per heavy atom. The molecule has 0 saturated heterocycles. The van der Waals surface area contributed by atoms with Gasteiger partial charge in [-0.25, -0.2) is 4.98 Å².